The van der Waals surface area contributed by atoms with Crippen molar-refractivity contribution in [1.29, 1.82) is 5.26 Å². The van der Waals surface area contributed by atoms with Crippen LogP contribution in [0.5, 0.6) is 0 Å². The van der Waals surface area contributed by atoms with Crippen LogP contribution < -0.4 is 5.32 Å². The van der Waals surface area contributed by atoms with Crippen molar-refractivity contribution >= 4 is 34.8 Å². The minimum atomic E-state index is -0.426. The molecule has 0 fully saturated rings. The lowest BCUT2D eigenvalue weighted by molar-refractivity contribution is -0.116. The van der Waals surface area contributed by atoms with E-state index >= 15 is 0 Å². The van der Waals surface area contributed by atoms with Gasteiger partial charge in [0.25, 0.3) is 5.91 Å². The number of hydrogen-bond donors (Lipinski definition) is 1. The van der Waals surface area contributed by atoms with E-state index in [-0.39, 0.29) is 12.1 Å². The molecule has 0 saturated heterocycles. The SMILES string of the molecule is [CH2]CNC(=O)/C(C#N)=C1\c2ccccc2Sc2ccc(Cl)cc21. The maximum Gasteiger partial charge on any atom is 0.262 e. The number of halogens is 1. The lowest BCUT2D eigenvalue weighted by Gasteiger charge is -2.23. The number of hydrogen-bond acceptors (Lipinski definition) is 3. The first-order valence-corrected chi connectivity index (χ1v) is 8.14. The summed E-state index contributed by atoms with van der Waals surface area (Å²) in [4.78, 5) is 14.3. The average Bonchev–Trinajstić information content (AvgIpc) is 2.55. The molecule has 2 aromatic rings. The summed E-state index contributed by atoms with van der Waals surface area (Å²) in [5, 5.41) is 12.7. The Labute approximate surface area is 144 Å². The molecule has 1 heterocycles. The van der Waals surface area contributed by atoms with E-state index in [0.717, 1.165) is 20.9 Å². The Morgan fingerprint density at radius 1 is 1.22 bits per heavy atom. The van der Waals surface area contributed by atoms with Crippen LogP contribution in [-0.2, 0) is 4.79 Å². The summed E-state index contributed by atoms with van der Waals surface area (Å²) in [5.74, 6) is -0.426. The second kappa shape index (κ2) is 6.49. The molecule has 2 aromatic carbocycles. The lowest BCUT2D eigenvalue weighted by Crippen LogP contribution is -2.25. The van der Waals surface area contributed by atoms with Crippen LogP contribution in [0.4, 0.5) is 0 Å². The predicted octanol–water partition coefficient (Wildman–Crippen LogP) is 4.08. The molecular weight excluding hydrogens is 328 g/mol. The zero-order chi connectivity index (χ0) is 16.4. The van der Waals surface area contributed by atoms with Gasteiger partial charge in [0, 0.05) is 26.9 Å². The normalized spacial score (nSPS) is 14.3. The smallest absolute Gasteiger partial charge is 0.262 e. The van der Waals surface area contributed by atoms with Crippen LogP contribution in [0.15, 0.2) is 57.8 Å². The zero-order valence-corrected chi connectivity index (χ0v) is 13.7. The number of carbonyl (C=O) groups excluding carboxylic acids is 1. The topological polar surface area (TPSA) is 52.9 Å². The van der Waals surface area contributed by atoms with Gasteiger partial charge in [-0.3, -0.25) is 4.79 Å². The van der Waals surface area contributed by atoms with Gasteiger partial charge in [-0.15, -0.1) is 0 Å². The minimum Gasteiger partial charge on any atom is -0.351 e. The van der Waals surface area contributed by atoms with Crippen LogP contribution in [0, 0.1) is 18.3 Å². The molecule has 0 saturated carbocycles. The number of carbonyl (C=O) groups is 1. The third kappa shape index (κ3) is 2.86. The molecular formula is C18H12ClN2OS. The van der Waals surface area contributed by atoms with E-state index in [2.05, 4.69) is 12.2 Å². The molecule has 23 heavy (non-hydrogen) atoms. The fraction of sp³-hybridized carbons (Fsp3) is 0.0556. The molecule has 113 valence electrons. The molecule has 1 aliphatic rings. The van der Waals surface area contributed by atoms with Crippen molar-refractivity contribution in [3.05, 3.63) is 71.1 Å². The monoisotopic (exact) mass is 339 g/mol. The molecule has 3 rings (SSSR count). The van der Waals surface area contributed by atoms with Crippen molar-refractivity contribution in [3.63, 3.8) is 0 Å². The molecule has 3 nitrogen and oxygen atoms in total. The van der Waals surface area contributed by atoms with Gasteiger partial charge in [0.05, 0.1) is 0 Å². The highest BCUT2D eigenvalue weighted by Gasteiger charge is 2.26. The summed E-state index contributed by atoms with van der Waals surface area (Å²) in [6.07, 6.45) is 0. The molecule has 1 amide bonds. The number of fused-ring (bicyclic) bond motifs is 2. The van der Waals surface area contributed by atoms with E-state index in [0.29, 0.717) is 10.6 Å². The first-order valence-electron chi connectivity index (χ1n) is 6.94. The van der Waals surface area contributed by atoms with Crippen molar-refractivity contribution in [1.82, 2.24) is 5.32 Å². The summed E-state index contributed by atoms with van der Waals surface area (Å²) in [6, 6.07) is 15.3. The van der Waals surface area contributed by atoms with Gasteiger partial charge < -0.3 is 5.32 Å². The van der Waals surface area contributed by atoms with Gasteiger partial charge in [0.15, 0.2) is 0 Å². The van der Waals surface area contributed by atoms with E-state index in [4.69, 9.17) is 11.6 Å². The Kier molecular flexibility index (Phi) is 4.42. The Bertz CT molecular complexity index is 868. The zero-order valence-electron chi connectivity index (χ0n) is 12.1. The van der Waals surface area contributed by atoms with Gasteiger partial charge in [0.2, 0.25) is 0 Å². The molecule has 5 heteroatoms. The van der Waals surface area contributed by atoms with Crippen molar-refractivity contribution < 1.29 is 4.79 Å². The van der Waals surface area contributed by atoms with E-state index in [1.165, 1.54) is 0 Å². The van der Waals surface area contributed by atoms with E-state index in [1.807, 2.05) is 36.4 Å². The van der Waals surface area contributed by atoms with Gasteiger partial charge in [-0.25, -0.2) is 0 Å². The van der Waals surface area contributed by atoms with Gasteiger partial charge in [0.1, 0.15) is 11.6 Å². The Morgan fingerprint density at radius 3 is 2.70 bits per heavy atom. The third-order valence-electron chi connectivity index (χ3n) is 3.46. The number of nitrogens with zero attached hydrogens (tertiary/aromatic N) is 1. The summed E-state index contributed by atoms with van der Waals surface area (Å²) < 4.78 is 0. The molecule has 1 radical (unpaired) electrons. The molecule has 0 unspecified atom stereocenters. The van der Waals surface area contributed by atoms with Crippen molar-refractivity contribution in [3.8, 4) is 6.07 Å². The van der Waals surface area contributed by atoms with E-state index in [1.54, 1.807) is 23.9 Å². The van der Waals surface area contributed by atoms with Crippen molar-refractivity contribution in [2.75, 3.05) is 6.54 Å². The molecule has 0 aliphatic carbocycles. The van der Waals surface area contributed by atoms with Crippen LogP contribution in [0.1, 0.15) is 11.1 Å². The second-order valence-corrected chi connectivity index (χ2v) is 6.38. The first-order chi connectivity index (χ1) is 11.2. The van der Waals surface area contributed by atoms with E-state index < -0.39 is 5.91 Å². The summed E-state index contributed by atoms with van der Waals surface area (Å²) in [7, 11) is 0. The average molecular weight is 340 g/mol. The Balaban J connectivity index is 2.33. The quantitative estimate of drug-likeness (QED) is 0.565. The van der Waals surface area contributed by atoms with Gasteiger partial charge in [-0.05, 0) is 42.3 Å². The van der Waals surface area contributed by atoms with Gasteiger partial charge in [-0.1, -0.05) is 41.6 Å². The molecule has 1 aliphatic heterocycles. The van der Waals surface area contributed by atoms with Crippen LogP contribution >= 0.6 is 23.4 Å². The fourth-order valence-electron chi connectivity index (χ4n) is 2.50. The highest BCUT2D eigenvalue weighted by atomic mass is 35.5. The molecule has 0 spiro atoms. The van der Waals surface area contributed by atoms with Crippen LogP contribution in [0.2, 0.25) is 5.02 Å². The van der Waals surface area contributed by atoms with Crippen LogP contribution in [-0.4, -0.2) is 12.5 Å². The largest absolute Gasteiger partial charge is 0.351 e. The predicted molar refractivity (Wildman–Crippen MR) is 92.0 cm³/mol. The maximum absolute atomic E-state index is 12.3. The molecule has 0 atom stereocenters. The number of rotatable bonds is 2. The standard InChI is InChI=1S/C18H12ClN2OS/c1-2-21-18(22)14(10-20)17-12-5-3-4-6-15(12)23-16-8-7-11(19)9-13(16)17/h3-9H,1-2H2,(H,21,22)/b17-14+. The van der Waals surface area contributed by atoms with Gasteiger partial charge in [-0.2, -0.15) is 5.26 Å². The first kappa shape index (κ1) is 15.7. The highest BCUT2D eigenvalue weighted by molar-refractivity contribution is 7.99. The van der Waals surface area contributed by atoms with Crippen molar-refractivity contribution in [2.45, 2.75) is 9.79 Å². The Morgan fingerprint density at radius 2 is 1.96 bits per heavy atom. The van der Waals surface area contributed by atoms with Crippen molar-refractivity contribution in [2.24, 2.45) is 0 Å². The van der Waals surface area contributed by atoms with Gasteiger partial charge >= 0.3 is 0 Å². The highest BCUT2D eigenvalue weighted by Crippen LogP contribution is 2.47. The van der Waals surface area contributed by atoms with Crippen LogP contribution in [0.25, 0.3) is 5.57 Å². The third-order valence-corrected chi connectivity index (χ3v) is 4.85. The van der Waals surface area contributed by atoms with Crippen LogP contribution in [0.3, 0.4) is 0 Å². The second-order valence-electron chi connectivity index (χ2n) is 4.86. The summed E-state index contributed by atoms with van der Waals surface area (Å²) >= 11 is 7.73. The maximum atomic E-state index is 12.3. The number of nitrogens with one attached hydrogen (secondary N) is 1. The fourth-order valence-corrected chi connectivity index (χ4v) is 3.75. The lowest BCUT2D eigenvalue weighted by atomic mass is 9.92. The van der Waals surface area contributed by atoms with E-state index in [9.17, 15) is 10.1 Å². The number of nitriles is 1. The summed E-state index contributed by atoms with van der Waals surface area (Å²) in [6.45, 7) is 3.82. The Hall–Kier alpha value is -2.22. The number of benzene rings is 2. The molecule has 0 bridgehead atoms. The number of amides is 1. The molecule has 0 aromatic heterocycles. The molecule has 1 N–H and O–H groups in total. The minimum absolute atomic E-state index is 0.0740. The summed E-state index contributed by atoms with van der Waals surface area (Å²) in [5.41, 5.74) is 2.36.